The van der Waals surface area contributed by atoms with Crippen LogP contribution in [0.15, 0.2) is 23.1 Å². The maximum atomic E-state index is 13.0. The van der Waals surface area contributed by atoms with E-state index in [0.29, 0.717) is 49.9 Å². The first-order chi connectivity index (χ1) is 12.9. The molecule has 2 aliphatic heterocycles. The van der Waals surface area contributed by atoms with Crippen molar-refractivity contribution in [1.82, 2.24) is 14.5 Å². The molecule has 2 aliphatic rings. The van der Waals surface area contributed by atoms with Gasteiger partial charge in [-0.2, -0.15) is 4.31 Å². The van der Waals surface area contributed by atoms with Gasteiger partial charge in [0.25, 0.3) is 5.91 Å². The molecule has 28 heavy (non-hydrogen) atoms. The standard InChI is InChI=1S/C19H29N3O4S.ClH/c1-15-5-6-17(19(23)21-7-3-4-16(14-21)13-20-2)12-18(15)27(24,25)22-8-10-26-11-9-22;/h5-6,12,16,20H,3-4,7-11,13-14H2,1-2H3;1H. The van der Waals surface area contributed by atoms with Crippen molar-refractivity contribution in [2.75, 3.05) is 53.0 Å². The van der Waals surface area contributed by atoms with Crippen LogP contribution < -0.4 is 5.32 Å². The van der Waals surface area contributed by atoms with Crippen LogP contribution >= 0.6 is 12.4 Å². The number of likely N-dealkylation sites (tertiary alicyclic amines) is 1. The summed E-state index contributed by atoms with van der Waals surface area (Å²) in [6.45, 7) is 5.57. The summed E-state index contributed by atoms with van der Waals surface area (Å²) in [7, 11) is -1.71. The lowest BCUT2D eigenvalue weighted by Gasteiger charge is -2.33. The smallest absolute Gasteiger partial charge is 0.253 e. The van der Waals surface area contributed by atoms with Crippen molar-refractivity contribution in [2.24, 2.45) is 5.92 Å². The van der Waals surface area contributed by atoms with Crippen molar-refractivity contribution in [3.8, 4) is 0 Å². The van der Waals surface area contributed by atoms with Crippen LogP contribution in [-0.2, 0) is 14.8 Å². The zero-order chi connectivity index (χ0) is 19.4. The van der Waals surface area contributed by atoms with Gasteiger partial charge in [0.2, 0.25) is 10.0 Å². The highest BCUT2D eigenvalue weighted by Crippen LogP contribution is 2.24. The molecular formula is C19H30ClN3O4S. The number of sulfonamides is 1. The van der Waals surface area contributed by atoms with Crippen LogP contribution in [0, 0.1) is 12.8 Å². The average molecular weight is 432 g/mol. The van der Waals surface area contributed by atoms with E-state index in [1.807, 2.05) is 11.9 Å². The maximum Gasteiger partial charge on any atom is 0.253 e. The van der Waals surface area contributed by atoms with E-state index >= 15 is 0 Å². The molecule has 1 atom stereocenters. The van der Waals surface area contributed by atoms with E-state index in [1.165, 1.54) is 4.31 Å². The van der Waals surface area contributed by atoms with Gasteiger partial charge >= 0.3 is 0 Å². The van der Waals surface area contributed by atoms with Crippen LogP contribution in [0.5, 0.6) is 0 Å². The van der Waals surface area contributed by atoms with Gasteiger partial charge in [-0.05, 0) is 57.0 Å². The Kier molecular flexibility index (Phi) is 8.27. The molecular weight excluding hydrogens is 402 g/mol. The number of carbonyl (C=O) groups is 1. The molecule has 1 N–H and O–H groups in total. The number of carbonyl (C=O) groups excluding carboxylic acids is 1. The van der Waals surface area contributed by atoms with Crippen LogP contribution in [-0.4, -0.2) is 76.5 Å². The van der Waals surface area contributed by atoms with Gasteiger partial charge in [0.15, 0.2) is 0 Å². The highest BCUT2D eigenvalue weighted by molar-refractivity contribution is 7.89. The Morgan fingerprint density at radius 3 is 2.64 bits per heavy atom. The van der Waals surface area contributed by atoms with E-state index in [4.69, 9.17) is 4.74 Å². The summed E-state index contributed by atoms with van der Waals surface area (Å²) in [5.74, 6) is 0.351. The predicted molar refractivity (Wildman–Crippen MR) is 111 cm³/mol. The van der Waals surface area contributed by atoms with Crippen LogP contribution in [0.25, 0.3) is 0 Å². The number of amides is 1. The number of ether oxygens (including phenoxy) is 1. The molecule has 1 aromatic rings. The molecule has 0 spiro atoms. The van der Waals surface area contributed by atoms with Crippen LogP contribution in [0.2, 0.25) is 0 Å². The summed E-state index contributed by atoms with van der Waals surface area (Å²) in [5, 5.41) is 3.18. The number of rotatable bonds is 5. The monoisotopic (exact) mass is 431 g/mol. The van der Waals surface area contributed by atoms with Crippen LogP contribution in [0.3, 0.4) is 0 Å². The van der Waals surface area contributed by atoms with Crippen LogP contribution in [0.4, 0.5) is 0 Å². The molecule has 7 nitrogen and oxygen atoms in total. The molecule has 0 aliphatic carbocycles. The van der Waals surface area contributed by atoms with Gasteiger partial charge in [0.1, 0.15) is 0 Å². The summed E-state index contributed by atoms with van der Waals surface area (Å²) in [5.41, 5.74) is 1.10. The number of morpholine rings is 1. The average Bonchev–Trinajstić information content (AvgIpc) is 2.69. The number of halogens is 1. The molecule has 0 saturated carbocycles. The van der Waals surface area contributed by atoms with E-state index in [-0.39, 0.29) is 23.2 Å². The zero-order valence-electron chi connectivity index (χ0n) is 16.5. The number of aryl methyl sites for hydroxylation is 1. The van der Waals surface area contributed by atoms with Crippen molar-refractivity contribution < 1.29 is 17.9 Å². The third-order valence-corrected chi connectivity index (χ3v) is 7.36. The topological polar surface area (TPSA) is 79.0 Å². The Morgan fingerprint density at radius 1 is 1.25 bits per heavy atom. The second kappa shape index (κ2) is 10.0. The number of benzene rings is 1. The lowest BCUT2D eigenvalue weighted by atomic mass is 9.97. The third kappa shape index (κ3) is 5.04. The van der Waals surface area contributed by atoms with E-state index in [9.17, 15) is 13.2 Å². The molecule has 0 radical (unpaired) electrons. The Bertz CT molecular complexity index is 779. The SMILES string of the molecule is CNCC1CCCN(C(=O)c2ccc(C)c(S(=O)(=O)N3CCOCC3)c2)C1.Cl. The van der Waals surface area contributed by atoms with E-state index in [0.717, 1.165) is 25.9 Å². The predicted octanol–water partition coefficient (Wildman–Crippen LogP) is 1.51. The lowest BCUT2D eigenvalue weighted by molar-refractivity contribution is 0.0673. The van der Waals surface area contributed by atoms with E-state index in [2.05, 4.69) is 5.32 Å². The second-order valence-electron chi connectivity index (χ2n) is 7.31. The Balaban J connectivity index is 0.00000280. The molecule has 9 heteroatoms. The number of nitrogens with one attached hydrogen (secondary N) is 1. The summed E-state index contributed by atoms with van der Waals surface area (Å²) in [6.07, 6.45) is 2.08. The minimum atomic E-state index is -3.63. The summed E-state index contributed by atoms with van der Waals surface area (Å²) < 4.78 is 32.8. The fourth-order valence-corrected chi connectivity index (χ4v) is 5.48. The summed E-state index contributed by atoms with van der Waals surface area (Å²) in [4.78, 5) is 15.1. The first kappa shape index (κ1) is 23.1. The molecule has 0 bridgehead atoms. The molecule has 2 saturated heterocycles. The second-order valence-corrected chi connectivity index (χ2v) is 9.22. The van der Waals surface area contributed by atoms with Gasteiger partial charge in [0.05, 0.1) is 18.1 Å². The largest absolute Gasteiger partial charge is 0.379 e. The molecule has 1 unspecified atom stereocenters. The molecule has 1 amide bonds. The number of hydrogen-bond donors (Lipinski definition) is 1. The minimum Gasteiger partial charge on any atom is -0.379 e. The zero-order valence-corrected chi connectivity index (χ0v) is 18.2. The molecule has 0 aromatic heterocycles. The van der Waals surface area contributed by atoms with E-state index in [1.54, 1.807) is 25.1 Å². The molecule has 1 aromatic carbocycles. The van der Waals surface area contributed by atoms with Gasteiger partial charge in [-0.1, -0.05) is 6.07 Å². The first-order valence-corrected chi connectivity index (χ1v) is 11.0. The molecule has 2 heterocycles. The van der Waals surface area contributed by atoms with Crippen molar-refractivity contribution in [3.05, 3.63) is 29.3 Å². The maximum absolute atomic E-state index is 13.0. The van der Waals surface area contributed by atoms with E-state index < -0.39 is 10.0 Å². The minimum absolute atomic E-state index is 0. The highest BCUT2D eigenvalue weighted by atomic mass is 35.5. The molecule has 3 rings (SSSR count). The first-order valence-electron chi connectivity index (χ1n) is 9.56. The number of nitrogens with zero attached hydrogens (tertiary/aromatic N) is 2. The fraction of sp³-hybridized carbons (Fsp3) is 0.632. The Hall–Kier alpha value is -1.19. The molecule has 2 fully saturated rings. The number of hydrogen-bond acceptors (Lipinski definition) is 5. The van der Waals surface area contributed by atoms with Gasteiger partial charge < -0.3 is 15.0 Å². The highest BCUT2D eigenvalue weighted by Gasteiger charge is 2.30. The van der Waals surface area contributed by atoms with Crippen LogP contribution in [0.1, 0.15) is 28.8 Å². The van der Waals surface area contributed by atoms with Crippen molar-refractivity contribution in [3.63, 3.8) is 0 Å². The van der Waals surface area contributed by atoms with Gasteiger partial charge in [0, 0.05) is 31.7 Å². The van der Waals surface area contributed by atoms with Crippen molar-refractivity contribution in [1.29, 1.82) is 0 Å². The fourth-order valence-electron chi connectivity index (χ4n) is 3.82. The van der Waals surface area contributed by atoms with Gasteiger partial charge in [-0.15, -0.1) is 12.4 Å². The van der Waals surface area contributed by atoms with Gasteiger partial charge in [-0.25, -0.2) is 8.42 Å². The van der Waals surface area contributed by atoms with Crippen molar-refractivity contribution >= 4 is 28.3 Å². The summed E-state index contributed by atoms with van der Waals surface area (Å²) >= 11 is 0. The summed E-state index contributed by atoms with van der Waals surface area (Å²) in [6, 6.07) is 5.01. The Morgan fingerprint density at radius 2 is 1.96 bits per heavy atom. The Labute approximate surface area is 173 Å². The quantitative estimate of drug-likeness (QED) is 0.764. The normalized spacial score (nSPS) is 21.2. The van der Waals surface area contributed by atoms with Gasteiger partial charge in [-0.3, -0.25) is 4.79 Å². The van der Waals surface area contributed by atoms with Crippen molar-refractivity contribution in [2.45, 2.75) is 24.7 Å². The third-order valence-electron chi connectivity index (χ3n) is 5.32. The number of piperidine rings is 1. The molecule has 158 valence electrons. The lowest BCUT2D eigenvalue weighted by Crippen LogP contribution is -2.43.